The maximum absolute atomic E-state index is 13.5. The highest BCUT2D eigenvalue weighted by molar-refractivity contribution is 5.81. The van der Waals surface area contributed by atoms with Crippen molar-refractivity contribution in [2.75, 3.05) is 0 Å². The molecular weight excluding hydrogens is 295 g/mol. The summed E-state index contributed by atoms with van der Waals surface area (Å²) in [7, 11) is 0. The third-order valence-corrected chi connectivity index (χ3v) is 4.11. The average Bonchev–Trinajstić information content (AvgIpc) is 3.05. The van der Waals surface area contributed by atoms with Crippen molar-refractivity contribution in [1.82, 2.24) is 10.3 Å². The van der Waals surface area contributed by atoms with Crippen molar-refractivity contribution in [3.8, 4) is 5.75 Å². The monoisotopic (exact) mass is 314 g/mol. The van der Waals surface area contributed by atoms with Gasteiger partial charge in [0.05, 0.1) is 24.0 Å². The highest BCUT2D eigenvalue weighted by Crippen LogP contribution is 2.26. The van der Waals surface area contributed by atoms with E-state index in [0.29, 0.717) is 11.3 Å². The molecule has 1 N–H and O–H groups in total. The van der Waals surface area contributed by atoms with Gasteiger partial charge in [-0.05, 0) is 38.0 Å². The molecule has 4 nitrogen and oxygen atoms in total. The van der Waals surface area contributed by atoms with Crippen LogP contribution in [0.15, 0.2) is 42.6 Å². The summed E-state index contributed by atoms with van der Waals surface area (Å²) in [5, 5.41) is 3.29. The van der Waals surface area contributed by atoms with E-state index in [1.807, 2.05) is 12.1 Å². The van der Waals surface area contributed by atoms with Crippen molar-refractivity contribution in [1.29, 1.82) is 0 Å². The molecule has 0 unspecified atom stereocenters. The van der Waals surface area contributed by atoms with Gasteiger partial charge in [0.1, 0.15) is 24.0 Å². The Morgan fingerprint density at radius 2 is 2.13 bits per heavy atom. The Morgan fingerprint density at radius 3 is 2.78 bits per heavy atom. The zero-order valence-electron chi connectivity index (χ0n) is 13.0. The van der Waals surface area contributed by atoms with Gasteiger partial charge in [-0.1, -0.05) is 18.2 Å². The molecule has 1 saturated heterocycles. The van der Waals surface area contributed by atoms with Gasteiger partial charge in [0.15, 0.2) is 0 Å². The summed E-state index contributed by atoms with van der Waals surface area (Å²) in [4.78, 5) is 15.8. The van der Waals surface area contributed by atoms with Gasteiger partial charge in [-0.3, -0.25) is 15.1 Å². The third kappa shape index (κ3) is 3.74. The SMILES string of the molecule is CC(=O)[C@@H]1CC[C@H](c2ccc(OCc3ccccc3F)cn2)N1. The molecule has 0 amide bonds. The van der Waals surface area contributed by atoms with Crippen LogP contribution in [0, 0.1) is 5.82 Å². The number of nitrogens with zero attached hydrogens (tertiary/aromatic N) is 1. The van der Waals surface area contributed by atoms with Crippen molar-refractivity contribution in [2.24, 2.45) is 0 Å². The number of halogens is 1. The molecule has 2 atom stereocenters. The zero-order chi connectivity index (χ0) is 16.2. The highest BCUT2D eigenvalue weighted by atomic mass is 19.1. The molecule has 1 aliphatic heterocycles. The number of nitrogens with one attached hydrogen (secondary N) is 1. The molecule has 2 heterocycles. The van der Waals surface area contributed by atoms with Crippen molar-refractivity contribution in [3.63, 3.8) is 0 Å². The summed E-state index contributed by atoms with van der Waals surface area (Å²) in [6, 6.07) is 10.3. The fraction of sp³-hybridized carbons (Fsp3) is 0.333. The van der Waals surface area contributed by atoms with Crippen molar-refractivity contribution < 1.29 is 13.9 Å². The molecule has 0 aliphatic carbocycles. The number of aromatic nitrogens is 1. The van der Waals surface area contributed by atoms with E-state index in [9.17, 15) is 9.18 Å². The quantitative estimate of drug-likeness (QED) is 0.921. The molecule has 0 spiro atoms. The number of rotatable bonds is 5. The van der Waals surface area contributed by atoms with Crippen molar-refractivity contribution >= 4 is 5.78 Å². The first-order chi connectivity index (χ1) is 11.1. The standard InChI is InChI=1S/C18H19FN2O2/c1-12(22)16-8-9-18(21-16)17-7-6-14(10-20-17)23-11-13-4-2-3-5-15(13)19/h2-7,10,16,18,21H,8-9,11H2,1H3/t16-,18+/m0/s1. The topological polar surface area (TPSA) is 51.2 Å². The summed E-state index contributed by atoms with van der Waals surface area (Å²) in [5.74, 6) is 0.484. The number of ketones is 1. The van der Waals surface area contributed by atoms with E-state index in [-0.39, 0.29) is 30.3 Å². The van der Waals surface area contributed by atoms with E-state index >= 15 is 0 Å². The smallest absolute Gasteiger partial charge is 0.146 e. The van der Waals surface area contributed by atoms with Crippen LogP contribution in [0.2, 0.25) is 0 Å². The van der Waals surface area contributed by atoms with Gasteiger partial charge in [-0.25, -0.2) is 4.39 Å². The number of hydrogen-bond acceptors (Lipinski definition) is 4. The van der Waals surface area contributed by atoms with Crippen molar-refractivity contribution in [2.45, 2.75) is 38.5 Å². The highest BCUT2D eigenvalue weighted by Gasteiger charge is 2.28. The number of carbonyl (C=O) groups excluding carboxylic acids is 1. The van der Waals surface area contributed by atoms with E-state index in [0.717, 1.165) is 18.5 Å². The van der Waals surface area contributed by atoms with Crippen LogP contribution in [0.25, 0.3) is 0 Å². The van der Waals surface area contributed by atoms with Crippen molar-refractivity contribution in [3.05, 3.63) is 59.7 Å². The van der Waals surface area contributed by atoms with Crippen LogP contribution in [0.4, 0.5) is 4.39 Å². The lowest BCUT2D eigenvalue weighted by Gasteiger charge is -2.13. The molecule has 1 aromatic heterocycles. The second-order valence-electron chi connectivity index (χ2n) is 5.76. The lowest BCUT2D eigenvalue weighted by Crippen LogP contribution is -2.30. The average molecular weight is 314 g/mol. The lowest BCUT2D eigenvalue weighted by molar-refractivity contribution is -0.118. The Bertz CT molecular complexity index is 688. The molecule has 0 bridgehead atoms. The summed E-state index contributed by atoms with van der Waals surface area (Å²) in [5.41, 5.74) is 1.41. The second-order valence-corrected chi connectivity index (χ2v) is 5.76. The predicted molar refractivity (Wildman–Crippen MR) is 84.5 cm³/mol. The van der Waals surface area contributed by atoms with Gasteiger partial charge in [0, 0.05) is 5.56 Å². The number of pyridine rings is 1. The molecule has 5 heteroatoms. The van der Waals surface area contributed by atoms with Gasteiger partial charge in [0.25, 0.3) is 0 Å². The first-order valence-electron chi connectivity index (χ1n) is 7.72. The molecule has 3 rings (SSSR count). The fourth-order valence-electron chi connectivity index (χ4n) is 2.76. The zero-order valence-corrected chi connectivity index (χ0v) is 13.0. The minimum atomic E-state index is -0.275. The minimum absolute atomic E-state index is 0.0706. The van der Waals surface area contributed by atoms with Gasteiger partial charge < -0.3 is 4.74 Å². The first kappa shape index (κ1) is 15.6. The summed E-state index contributed by atoms with van der Waals surface area (Å²) in [6.07, 6.45) is 3.37. The molecule has 120 valence electrons. The number of ether oxygens (including phenoxy) is 1. The Hall–Kier alpha value is -2.27. The van der Waals surface area contributed by atoms with E-state index in [4.69, 9.17) is 4.74 Å². The number of benzene rings is 1. The Balaban J connectivity index is 1.59. The number of hydrogen-bond donors (Lipinski definition) is 1. The molecule has 1 aliphatic rings. The normalized spacial score (nSPS) is 20.4. The summed E-state index contributed by atoms with van der Waals surface area (Å²) < 4.78 is 19.1. The van der Waals surface area contributed by atoms with Crippen LogP contribution >= 0.6 is 0 Å². The first-order valence-corrected chi connectivity index (χ1v) is 7.72. The molecule has 0 radical (unpaired) electrons. The Kier molecular flexibility index (Phi) is 4.67. The maximum atomic E-state index is 13.5. The minimum Gasteiger partial charge on any atom is -0.487 e. The summed E-state index contributed by atoms with van der Waals surface area (Å²) in [6.45, 7) is 1.77. The largest absolute Gasteiger partial charge is 0.487 e. The molecule has 23 heavy (non-hydrogen) atoms. The predicted octanol–water partition coefficient (Wildman–Crippen LogP) is 3.18. The third-order valence-electron chi connectivity index (χ3n) is 4.11. The van der Waals surface area contributed by atoms with Crippen LogP contribution in [0.5, 0.6) is 5.75 Å². The summed E-state index contributed by atoms with van der Waals surface area (Å²) >= 11 is 0. The molecule has 1 fully saturated rings. The van der Waals surface area contributed by atoms with Gasteiger partial charge in [-0.15, -0.1) is 0 Å². The van der Waals surface area contributed by atoms with Crippen LogP contribution < -0.4 is 10.1 Å². The van der Waals surface area contributed by atoms with Gasteiger partial charge in [0.2, 0.25) is 0 Å². The second kappa shape index (κ2) is 6.87. The Labute approximate surface area is 134 Å². The molecule has 1 aromatic carbocycles. The van der Waals surface area contributed by atoms with E-state index < -0.39 is 0 Å². The lowest BCUT2D eigenvalue weighted by atomic mass is 10.1. The number of carbonyl (C=O) groups is 1. The molecule has 2 aromatic rings. The van der Waals surface area contributed by atoms with E-state index in [1.54, 1.807) is 31.3 Å². The van der Waals surface area contributed by atoms with Crippen LogP contribution in [-0.4, -0.2) is 16.8 Å². The Morgan fingerprint density at radius 1 is 1.30 bits per heavy atom. The fourth-order valence-corrected chi connectivity index (χ4v) is 2.76. The van der Waals surface area contributed by atoms with Crippen LogP contribution in [0.1, 0.15) is 37.1 Å². The maximum Gasteiger partial charge on any atom is 0.146 e. The van der Waals surface area contributed by atoms with Gasteiger partial charge in [-0.2, -0.15) is 0 Å². The molecule has 0 saturated carbocycles. The van der Waals surface area contributed by atoms with Gasteiger partial charge >= 0.3 is 0 Å². The van der Waals surface area contributed by atoms with E-state index in [1.165, 1.54) is 6.07 Å². The van der Waals surface area contributed by atoms with Crippen LogP contribution in [0.3, 0.4) is 0 Å². The molecular formula is C18H19FN2O2. The number of Topliss-reactive ketones (excluding diaryl/α,β-unsaturated/α-hetero) is 1. The van der Waals surface area contributed by atoms with E-state index in [2.05, 4.69) is 10.3 Å². The van der Waals surface area contributed by atoms with Crippen LogP contribution in [-0.2, 0) is 11.4 Å².